The van der Waals surface area contributed by atoms with Crippen LogP contribution >= 0.6 is 0 Å². The first-order valence-electron chi connectivity index (χ1n) is 6.26. The molecule has 3 rings (SSSR count). The maximum absolute atomic E-state index is 11.6. The SMILES string of the molecule is Cc1nc(N)cc(-c2ccc3c(c2)NC(=O)C(C)O3)n1. The Hall–Kier alpha value is -2.63. The van der Waals surface area contributed by atoms with Gasteiger partial charge in [-0.3, -0.25) is 4.79 Å². The Morgan fingerprint density at radius 1 is 1.30 bits per heavy atom. The van der Waals surface area contributed by atoms with Crippen LogP contribution in [-0.2, 0) is 4.79 Å². The number of hydrogen-bond acceptors (Lipinski definition) is 5. The van der Waals surface area contributed by atoms with Crippen LogP contribution in [0.3, 0.4) is 0 Å². The Labute approximate surface area is 116 Å². The number of carbonyl (C=O) groups excluding carboxylic acids is 1. The quantitative estimate of drug-likeness (QED) is 0.824. The highest BCUT2D eigenvalue weighted by Gasteiger charge is 2.23. The third kappa shape index (κ3) is 2.16. The van der Waals surface area contributed by atoms with E-state index in [0.717, 1.165) is 5.56 Å². The molecule has 0 fully saturated rings. The second kappa shape index (κ2) is 4.48. The van der Waals surface area contributed by atoms with Gasteiger partial charge in [0.15, 0.2) is 6.10 Å². The van der Waals surface area contributed by atoms with Gasteiger partial charge in [-0.15, -0.1) is 0 Å². The minimum absolute atomic E-state index is 0.159. The number of nitrogens with zero attached hydrogens (tertiary/aromatic N) is 2. The lowest BCUT2D eigenvalue weighted by Gasteiger charge is -2.23. The van der Waals surface area contributed by atoms with Crippen molar-refractivity contribution >= 4 is 17.4 Å². The third-order valence-corrected chi connectivity index (χ3v) is 3.06. The maximum Gasteiger partial charge on any atom is 0.265 e. The normalized spacial score (nSPS) is 17.1. The van der Waals surface area contributed by atoms with E-state index in [4.69, 9.17) is 10.5 Å². The van der Waals surface area contributed by atoms with Crippen molar-refractivity contribution in [2.75, 3.05) is 11.1 Å². The highest BCUT2D eigenvalue weighted by Crippen LogP contribution is 2.33. The second-order valence-corrected chi connectivity index (χ2v) is 4.69. The van der Waals surface area contributed by atoms with Gasteiger partial charge in [0.2, 0.25) is 0 Å². The van der Waals surface area contributed by atoms with Crippen molar-refractivity contribution in [1.82, 2.24) is 9.97 Å². The van der Waals surface area contributed by atoms with E-state index >= 15 is 0 Å². The first-order chi connectivity index (χ1) is 9.52. The Bertz CT molecular complexity index is 679. The molecule has 1 aromatic carbocycles. The maximum atomic E-state index is 11.6. The summed E-state index contributed by atoms with van der Waals surface area (Å²) in [5, 5.41) is 2.81. The summed E-state index contributed by atoms with van der Waals surface area (Å²) in [6.07, 6.45) is -0.481. The number of carbonyl (C=O) groups is 1. The molecule has 0 saturated heterocycles. The monoisotopic (exact) mass is 270 g/mol. The number of aryl methyl sites for hydroxylation is 1. The summed E-state index contributed by atoms with van der Waals surface area (Å²) >= 11 is 0. The fourth-order valence-corrected chi connectivity index (χ4v) is 2.11. The van der Waals surface area contributed by atoms with Crippen molar-refractivity contribution in [3.8, 4) is 17.0 Å². The van der Waals surface area contributed by atoms with Gasteiger partial charge in [-0.05, 0) is 32.0 Å². The molecule has 1 atom stereocenters. The van der Waals surface area contributed by atoms with Crippen LogP contribution in [0.5, 0.6) is 5.75 Å². The number of nitrogen functional groups attached to an aromatic ring is 1. The van der Waals surface area contributed by atoms with Gasteiger partial charge in [0, 0.05) is 11.6 Å². The number of fused-ring (bicyclic) bond motifs is 1. The molecule has 2 heterocycles. The Balaban J connectivity index is 2.04. The summed E-state index contributed by atoms with van der Waals surface area (Å²) < 4.78 is 5.51. The molecule has 3 N–H and O–H groups in total. The number of anilines is 2. The van der Waals surface area contributed by atoms with Crippen LogP contribution in [0.4, 0.5) is 11.5 Å². The van der Waals surface area contributed by atoms with Gasteiger partial charge in [-0.1, -0.05) is 0 Å². The predicted molar refractivity (Wildman–Crippen MR) is 75.3 cm³/mol. The molecular formula is C14H14N4O2. The number of nitrogens with one attached hydrogen (secondary N) is 1. The molecule has 1 aliphatic rings. The van der Waals surface area contributed by atoms with Gasteiger partial charge in [0.05, 0.1) is 11.4 Å². The fourth-order valence-electron chi connectivity index (χ4n) is 2.11. The molecule has 1 aromatic heterocycles. The first kappa shape index (κ1) is 12.4. The predicted octanol–water partition coefficient (Wildman–Crippen LogP) is 1.75. The molecule has 6 heteroatoms. The minimum Gasteiger partial charge on any atom is -0.479 e. The van der Waals surface area contributed by atoms with Crippen molar-refractivity contribution in [2.45, 2.75) is 20.0 Å². The smallest absolute Gasteiger partial charge is 0.265 e. The van der Waals surface area contributed by atoms with Gasteiger partial charge in [-0.2, -0.15) is 0 Å². The standard InChI is InChI=1S/C14H14N4O2/c1-7-14(19)18-11-5-9(3-4-12(11)20-7)10-6-13(15)17-8(2)16-10/h3-7H,1-2H3,(H,18,19)(H2,15,16,17). The van der Waals surface area contributed by atoms with Crippen molar-refractivity contribution < 1.29 is 9.53 Å². The van der Waals surface area contributed by atoms with Crippen LogP contribution in [0, 0.1) is 6.92 Å². The molecule has 0 aliphatic carbocycles. The molecule has 0 bridgehead atoms. The molecule has 102 valence electrons. The average molecular weight is 270 g/mol. The minimum atomic E-state index is -0.481. The van der Waals surface area contributed by atoms with Crippen LogP contribution in [0.2, 0.25) is 0 Å². The summed E-state index contributed by atoms with van der Waals surface area (Å²) in [6, 6.07) is 7.21. The van der Waals surface area contributed by atoms with E-state index in [1.165, 1.54) is 0 Å². The zero-order chi connectivity index (χ0) is 14.3. The Kier molecular flexibility index (Phi) is 2.78. The van der Waals surface area contributed by atoms with Gasteiger partial charge in [-0.25, -0.2) is 9.97 Å². The molecule has 6 nitrogen and oxygen atoms in total. The van der Waals surface area contributed by atoms with Crippen LogP contribution in [-0.4, -0.2) is 22.0 Å². The van der Waals surface area contributed by atoms with Crippen molar-refractivity contribution in [2.24, 2.45) is 0 Å². The molecule has 0 spiro atoms. The summed E-state index contributed by atoms with van der Waals surface area (Å²) in [7, 11) is 0. The number of rotatable bonds is 1. The van der Waals surface area contributed by atoms with Gasteiger partial charge in [0.25, 0.3) is 5.91 Å². The molecular weight excluding hydrogens is 256 g/mol. The lowest BCUT2D eigenvalue weighted by molar-refractivity contribution is -0.122. The van der Waals surface area contributed by atoms with Gasteiger partial charge >= 0.3 is 0 Å². The zero-order valence-corrected chi connectivity index (χ0v) is 11.2. The zero-order valence-electron chi connectivity index (χ0n) is 11.2. The Morgan fingerprint density at radius 3 is 2.85 bits per heavy atom. The number of nitrogens with two attached hydrogens (primary N) is 1. The number of amides is 1. The number of benzene rings is 1. The lowest BCUT2D eigenvalue weighted by atomic mass is 10.1. The summed E-state index contributed by atoms with van der Waals surface area (Å²) in [5.74, 6) is 1.51. The summed E-state index contributed by atoms with van der Waals surface area (Å²) in [5.41, 5.74) is 7.93. The molecule has 2 aromatic rings. The van der Waals surface area contributed by atoms with Crippen molar-refractivity contribution in [3.63, 3.8) is 0 Å². The van der Waals surface area contributed by atoms with Crippen molar-refractivity contribution in [3.05, 3.63) is 30.1 Å². The van der Waals surface area contributed by atoms with Crippen LogP contribution < -0.4 is 15.8 Å². The molecule has 1 aliphatic heterocycles. The Morgan fingerprint density at radius 2 is 2.10 bits per heavy atom. The van der Waals surface area contributed by atoms with Gasteiger partial charge < -0.3 is 15.8 Å². The van der Waals surface area contributed by atoms with Crippen molar-refractivity contribution in [1.29, 1.82) is 0 Å². The average Bonchev–Trinajstić information content (AvgIpc) is 2.38. The van der Waals surface area contributed by atoms with E-state index in [-0.39, 0.29) is 5.91 Å². The van der Waals surface area contributed by atoms with E-state index in [1.54, 1.807) is 19.9 Å². The fraction of sp³-hybridized carbons (Fsp3) is 0.214. The molecule has 1 unspecified atom stereocenters. The van der Waals surface area contributed by atoms with E-state index in [1.807, 2.05) is 18.2 Å². The highest BCUT2D eigenvalue weighted by atomic mass is 16.5. The van der Waals surface area contributed by atoms with Crippen LogP contribution in [0.1, 0.15) is 12.7 Å². The van der Waals surface area contributed by atoms with E-state index in [2.05, 4.69) is 15.3 Å². The van der Waals surface area contributed by atoms with E-state index in [0.29, 0.717) is 28.8 Å². The number of aromatic nitrogens is 2. The third-order valence-electron chi connectivity index (χ3n) is 3.06. The number of ether oxygens (including phenoxy) is 1. The molecule has 1 amide bonds. The van der Waals surface area contributed by atoms with E-state index in [9.17, 15) is 4.79 Å². The number of hydrogen-bond donors (Lipinski definition) is 2. The lowest BCUT2D eigenvalue weighted by Crippen LogP contribution is -2.34. The van der Waals surface area contributed by atoms with Crippen LogP contribution in [0.15, 0.2) is 24.3 Å². The molecule has 20 heavy (non-hydrogen) atoms. The topological polar surface area (TPSA) is 90.1 Å². The first-order valence-corrected chi connectivity index (χ1v) is 6.26. The summed E-state index contributed by atoms with van der Waals surface area (Å²) in [6.45, 7) is 3.49. The largest absolute Gasteiger partial charge is 0.479 e. The highest BCUT2D eigenvalue weighted by molar-refractivity contribution is 5.98. The second-order valence-electron chi connectivity index (χ2n) is 4.69. The summed E-state index contributed by atoms with van der Waals surface area (Å²) in [4.78, 5) is 20.0. The van der Waals surface area contributed by atoms with Crippen LogP contribution in [0.25, 0.3) is 11.3 Å². The van der Waals surface area contributed by atoms with Gasteiger partial charge in [0.1, 0.15) is 17.4 Å². The molecule has 0 radical (unpaired) electrons. The molecule has 0 saturated carbocycles. The van der Waals surface area contributed by atoms with E-state index < -0.39 is 6.10 Å².